The number of anilines is 1. The Labute approximate surface area is 186 Å². The number of piperazine rings is 1. The molecule has 0 saturated carbocycles. The van der Waals surface area contributed by atoms with Crippen molar-refractivity contribution in [2.24, 2.45) is 0 Å². The lowest BCUT2D eigenvalue weighted by Crippen LogP contribution is -2.55. The predicted molar refractivity (Wildman–Crippen MR) is 116 cm³/mol. The monoisotopic (exact) mass is 502 g/mol. The van der Waals surface area contributed by atoms with Gasteiger partial charge in [0.15, 0.2) is 5.82 Å². The van der Waals surface area contributed by atoms with Gasteiger partial charge in [-0.3, -0.25) is 10.1 Å². The predicted octanol–water partition coefficient (Wildman–Crippen LogP) is 5.14. The number of hydrogen-bond acceptors (Lipinski definition) is 6. The molecule has 0 spiro atoms. The van der Waals surface area contributed by atoms with Gasteiger partial charge in [0.05, 0.1) is 14.4 Å². The van der Waals surface area contributed by atoms with Crippen molar-refractivity contribution in [2.75, 3.05) is 24.5 Å². The molecule has 3 rings (SSSR count). The highest BCUT2D eigenvalue weighted by atomic mass is 79.9. The third-order valence-corrected chi connectivity index (χ3v) is 6.02. The van der Waals surface area contributed by atoms with Gasteiger partial charge >= 0.3 is 11.8 Å². The molecule has 0 N–H and O–H groups in total. The Morgan fingerprint density at radius 3 is 2.67 bits per heavy atom. The van der Waals surface area contributed by atoms with E-state index in [4.69, 9.17) is 16.3 Å². The van der Waals surface area contributed by atoms with Crippen LogP contribution >= 0.6 is 27.5 Å². The summed E-state index contributed by atoms with van der Waals surface area (Å²) in [7, 11) is 0. The van der Waals surface area contributed by atoms with Gasteiger partial charge in [-0.05, 0) is 49.7 Å². The van der Waals surface area contributed by atoms with E-state index in [0.29, 0.717) is 19.6 Å². The molecule has 2 heterocycles. The number of benzene rings is 1. The van der Waals surface area contributed by atoms with Gasteiger partial charge in [0.2, 0.25) is 0 Å². The Morgan fingerprint density at radius 2 is 2.10 bits per heavy atom. The van der Waals surface area contributed by atoms with Crippen LogP contribution in [0.15, 0.2) is 16.7 Å². The number of nitrogens with zero attached hydrogens (tertiary/aromatic N) is 4. The van der Waals surface area contributed by atoms with Gasteiger partial charge in [0, 0.05) is 31.1 Å². The molecule has 1 fully saturated rings. The van der Waals surface area contributed by atoms with Crippen LogP contribution < -0.4 is 4.90 Å². The second kappa shape index (κ2) is 8.14. The number of hydrogen-bond donors (Lipinski definition) is 0. The van der Waals surface area contributed by atoms with Crippen LogP contribution in [0.5, 0.6) is 0 Å². The normalized spacial score (nSPS) is 17.4. The van der Waals surface area contributed by atoms with Crippen molar-refractivity contribution in [3.63, 3.8) is 0 Å². The van der Waals surface area contributed by atoms with E-state index in [9.17, 15) is 19.3 Å². The SMILES string of the molecule is CC1CN(c2c([N+](=O)[O-])cnc3c(F)c(Br)c(Cl)cc23)CCN1C(=O)OC(C)(C)C. The van der Waals surface area contributed by atoms with Crippen LogP contribution in [0.1, 0.15) is 27.7 Å². The topological polar surface area (TPSA) is 88.8 Å². The molecule has 2 aromatic rings. The van der Waals surface area contributed by atoms with Gasteiger partial charge in [-0.25, -0.2) is 14.2 Å². The highest BCUT2D eigenvalue weighted by molar-refractivity contribution is 9.10. The molecular weight excluding hydrogens is 483 g/mol. The van der Waals surface area contributed by atoms with E-state index in [0.717, 1.165) is 6.20 Å². The van der Waals surface area contributed by atoms with Gasteiger partial charge in [0.25, 0.3) is 0 Å². The van der Waals surface area contributed by atoms with Crippen molar-refractivity contribution in [3.8, 4) is 0 Å². The standard InChI is InChI=1S/C19H21BrClFN4O4/c1-10-9-24(5-6-25(10)18(27)30-19(2,3)4)17-11-7-12(21)14(20)15(22)16(11)23-8-13(17)26(28)29/h7-8,10H,5-6,9H2,1-4H3. The summed E-state index contributed by atoms with van der Waals surface area (Å²) < 4.78 is 20.2. The van der Waals surface area contributed by atoms with Crippen molar-refractivity contribution < 1.29 is 18.8 Å². The number of fused-ring (bicyclic) bond motifs is 1. The highest BCUT2D eigenvalue weighted by Gasteiger charge is 2.34. The van der Waals surface area contributed by atoms with E-state index in [1.54, 1.807) is 30.6 Å². The van der Waals surface area contributed by atoms with Crippen LogP contribution in [0, 0.1) is 15.9 Å². The molecule has 1 unspecified atom stereocenters. The number of carbonyl (C=O) groups is 1. The van der Waals surface area contributed by atoms with Gasteiger partial charge in [-0.15, -0.1) is 0 Å². The van der Waals surface area contributed by atoms with E-state index < -0.39 is 22.4 Å². The summed E-state index contributed by atoms with van der Waals surface area (Å²) in [6.45, 7) is 8.09. The maximum atomic E-state index is 14.7. The van der Waals surface area contributed by atoms with Crippen LogP contribution in [-0.2, 0) is 4.74 Å². The number of ether oxygens (including phenoxy) is 1. The molecule has 8 nitrogen and oxygen atoms in total. The van der Waals surface area contributed by atoms with Crippen molar-refractivity contribution in [3.05, 3.63) is 37.7 Å². The van der Waals surface area contributed by atoms with E-state index >= 15 is 0 Å². The van der Waals surface area contributed by atoms with Crippen LogP contribution in [0.4, 0.5) is 20.6 Å². The molecule has 1 amide bonds. The maximum Gasteiger partial charge on any atom is 0.410 e. The zero-order chi connectivity index (χ0) is 22.4. The first-order valence-electron chi connectivity index (χ1n) is 9.26. The summed E-state index contributed by atoms with van der Waals surface area (Å²) in [6.07, 6.45) is 0.605. The molecule has 11 heteroatoms. The van der Waals surface area contributed by atoms with Crippen LogP contribution in [0.3, 0.4) is 0 Å². The van der Waals surface area contributed by atoms with Crippen LogP contribution in [-0.4, -0.2) is 52.2 Å². The Kier molecular flexibility index (Phi) is 6.10. The minimum absolute atomic E-state index is 0.0194. The summed E-state index contributed by atoms with van der Waals surface area (Å²) >= 11 is 9.19. The first-order valence-corrected chi connectivity index (χ1v) is 10.4. The fraction of sp³-hybridized carbons (Fsp3) is 0.474. The van der Waals surface area contributed by atoms with Gasteiger partial charge < -0.3 is 14.5 Å². The van der Waals surface area contributed by atoms with E-state index in [1.807, 2.05) is 6.92 Å². The lowest BCUT2D eigenvalue weighted by atomic mass is 10.1. The minimum atomic E-state index is -0.686. The number of rotatable bonds is 2. The Morgan fingerprint density at radius 1 is 1.43 bits per heavy atom. The van der Waals surface area contributed by atoms with Gasteiger partial charge in [-0.1, -0.05) is 11.6 Å². The second-order valence-electron chi connectivity index (χ2n) is 8.10. The molecule has 1 aromatic carbocycles. The first kappa shape index (κ1) is 22.5. The summed E-state index contributed by atoms with van der Waals surface area (Å²) in [4.78, 5) is 30.9. The number of aromatic nitrogens is 1. The number of carbonyl (C=O) groups excluding carboxylic acids is 1. The number of nitro groups is 1. The third kappa shape index (κ3) is 4.29. The van der Waals surface area contributed by atoms with Crippen LogP contribution in [0.2, 0.25) is 5.02 Å². The van der Waals surface area contributed by atoms with Crippen molar-refractivity contribution in [2.45, 2.75) is 39.3 Å². The fourth-order valence-corrected chi connectivity index (χ4v) is 3.93. The number of halogens is 3. The molecule has 30 heavy (non-hydrogen) atoms. The quantitative estimate of drug-likeness (QED) is 0.320. The number of pyridine rings is 1. The molecular formula is C19H21BrClFN4O4. The Bertz CT molecular complexity index is 1030. The molecule has 0 radical (unpaired) electrons. The lowest BCUT2D eigenvalue weighted by molar-refractivity contribution is -0.384. The van der Waals surface area contributed by atoms with E-state index in [1.165, 1.54) is 6.07 Å². The molecule has 1 aromatic heterocycles. The largest absolute Gasteiger partial charge is 0.444 e. The van der Waals surface area contributed by atoms with E-state index in [-0.39, 0.29) is 37.8 Å². The maximum absolute atomic E-state index is 14.7. The van der Waals surface area contributed by atoms with E-state index in [2.05, 4.69) is 20.9 Å². The second-order valence-corrected chi connectivity index (χ2v) is 9.30. The molecule has 0 aliphatic carbocycles. The summed E-state index contributed by atoms with van der Waals surface area (Å²) in [5.41, 5.74) is -0.670. The van der Waals surface area contributed by atoms with Crippen molar-refractivity contribution in [1.29, 1.82) is 0 Å². The summed E-state index contributed by atoms with van der Waals surface area (Å²) in [5.74, 6) is -0.686. The summed E-state index contributed by atoms with van der Waals surface area (Å²) in [6, 6.07) is 1.18. The molecule has 1 atom stereocenters. The Hall–Kier alpha value is -2.20. The molecule has 0 bridgehead atoms. The Balaban J connectivity index is 2.02. The fourth-order valence-electron chi connectivity index (χ4n) is 3.44. The molecule has 1 aliphatic rings. The van der Waals surface area contributed by atoms with Crippen LogP contribution in [0.25, 0.3) is 10.9 Å². The van der Waals surface area contributed by atoms with Gasteiger partial charge in [-0.2, -0.15) is 0 Å². The smallest absolute Gasteiger partial charge is 0.410 e. The van der Waals surface area contributed by atoms with Crippen molar-refractivity contribution >= 4 is 55.9 Å². The highest BCUT2D eigenvalue weighted by Crippen LogP contribution is 2.41. The zero-order valence-corrected chi connectivity index (χ0v) is 19.3. The van der Waals surface area contributed by atoms with Gasteiger partial charge in [0.1, 0.15) is 23.0 Å². The van der Waals surface area contributed by atoms with Crippen molar-refractivity contribution in [1.82, 2.24) is 9.88 Å². The summed E-state index contributed by atoms with van der Waals surface area (Å²) in [5, 5.41) is 12.0. The minimum Gasteiger partial charge on any atom is -0.444 e. The third-order valence-electron chi connectivity index (χ3n) is 4.72. The number of amides is 1. The average molecular weight is 504 g/mol. The molecule has 1 aliphatic heterocycles. The first-order chi connectivity index (χ1) is 13.9. The average Bonchev–Trinajstić information content (AvgIpc) is 2.63. The zero-order valence-electron chi connectivity index (χ0n) is 16.9. The molecule has 1 saturated heterocycles. The molecule has 162 valence electrons. The lowest BCUT2D eigenvalue weighted by Gasteiger charge is -2.41.